The van der Waals surface area contributed by atoms with E-state index in [1.165, 1.54) is 26.4 Å². The van der Waals surface area contributed by atoms with Crippen LogP contribution in [0.1, 0.15) is 35.6 Å². The zero-order chi connectivity index (χ0) is 24.4. The number of ether oxygens (including phenoxy) is 2. The highest BCUT2D eigenvalue weighted by atomic mass is 19.1. The summed E-state index contributed by atoms with van der Waals surface area (Å²) in [5.74, 6) is -0.0626. The van der Waals surface area contributed by atoms with Crippen LogP contribution in [0.25, 0.3) is 17.2 Å². The minimum absolute atomic E-state index is 0.0817. The number of carbonyl (C=O) groups is 1. The molecule has 1 aliphatic carbocycles. The highest BCUT2D eigenvalue weighted by molar-refractivity contribution is 6.10. The lowest BCUT2D eigenvalue weighted by atomic mass is 10.00. The number of hydrogen-bond acceptors (Lipinski definition) is 4. The number of aromatic hydroxyl groups is 1. The average Bonchev–Trinajstić information content (AvgIpc) is 3.06. The Morgan fingerprint density at radius 3 is 2.24 bits per heavy atom. The van der Waals surface area contributed by atoms with Crippen LogP contribution in [0.4, 0.5) is 10.1 Å². The number of hydrogen-bond donors (Lipinski definition) is 2. The molecule has 174 valence electrons. The number of nitrogens with one attached hydrogen (secondary N) is 1. The Labute approximate surface area is 198 Å². The Hall–Kier alpha value is -4.06. The van der Waals surface area contributed by atoms with Gasteiger partial charge in [0.25, 0.3) is 0 Å². The summed E-state index contributed by atoms with van der Waals surface area (Å²) in [5, 5.41) is 13.1. The first-order valence-electron chi connectivity index (χ1n) is 10.8. The molecule has 0 radical (unpaired) electrons. The van der Waals surface area contributed by atoms with Gasteiger partial charge in [-0.25, -0.2) is 4.39 Å². The molecule has 0 aromatic heterocycles. The maximum atomic E-state index is 14.2. The summed E-state index contributed by atoms with van der Waals surface area (Å²) in [6.07, 6.45) is 2.02. The van der Waals surface area contributed by atoms with Crippen LogP contribution in [-0.4, -0.2) is 25.2 Å². The summed E-state index contributed by atoms with van der Waals surface area (Å²) >= 11 is 0. The standard InChI is InChI=1S/C28H26FNO4/c1-16-5-8-20(9-6-16)30-27(31)15-23-17(2)22(21-10-7-19(29)14-24(21)23)11-18-12-25(33-3)28(32)26(13-18)34-4/h5-14,32H,15H2,1-4H3,(H,30,31)/b22-11-. The normalized spacial score (nSPS) is 13.7. The van der Waals surface area contributed by atoms with E-state index in [2.05, 4.69) is 5.32 Å². The minimum atomic E-state index is -0.364. The third-order valence-corrected chi connectivity index (χ3v) is 5.94. The van der Waals surface area contributed by atoms with Gasteiger partial charge in [0.15, 0.2) is 11.5 Å². The molecule has 1 amide bonds. The van der Waals surface area contributed by atoms with Crippen molar-refractivity contribution in [2.24, 2.45) is 0 Å². The van der Waals surface area contributed by atoms with Gasteiger partial charge in [-0.1, -0.05) is 23.8 Å². The van der Waals surface area contributed by atoms with Crippen LogP contribution in [0.2, 0.25) is 0 Å². The molecule has 3 aromatic carbocycles. The van der Waals surface area contributed by atoms with Gasteiger partial charge in [-0.3, -0.25) is 4.79 Å². The molecule has 34 heavy (non-hydrogen) atoms. The van der Waals surface area contributed by atoms with Crippen molar-refractivity contribution in [3.05, 3.63) is 88.2 Å². The van der Waals surface area contributed by atoms with E-state index in [0.717, 1.165) is 33.4 Å². The summed E-state index contributed by atoms with van der Waals surface area (Å²) in [4.78, 5) is 12.8. The van der Waals surface area contributed by atoms with Crippen LogP contribution < -0.4 is 14.8 Å². The fourth-order valence-corrected chi connectivity index (χ4v) is 4.15. The Morgan fingerprint density at radius 2 is 1.62 bits per heavy atom. The molecule has 0 unspecified atom stereocenters. The fourth-order valence-electron chi connectivity index (χ4n) is 4.15. The van der Waals surface area contributed by atoms with Crippen LogP contribution in [0, 0.1) is 12.7 Å². The number of methoxy groups -OCH3 is 2. The van der Waals surface area contributed by atoms with E-state index in [-0.39, 0.29) is 35.4 Å². The van der Waals surface area contributed by atoms with E-state index in [1.54, 1.807) is 18.2 Å². The smallest absolute Gasteiger partial charge is 0.228 e. The molecule has 5 nitrogen and oxygen atoms in total. The van der Waals surface area contributed by atoms with Crippen molar-refractivity contribution in [1.29, 1.82) is 0 Å². The van der Waals surface area contributed by atoms with E-state index in [0.29, 0.717) is 11.3 Å². The lowest BCUT2D eigenvalue weighted by Crippen LogP contribution is -2.12. The highest BCUT2D eigenvalue weighted by Crippen LogP contribution is 2.45. The molecule has 0 aliphatic heterocycles. The topological polar surface area (TPSA) is 67.8 Å². The number of aryl methyl sites for hydroxylation is 1. The largest absolute Gasteiger partial charge is 0.502 e. The average molecular weight is 460 g/mol. The molecule has 0 heterocycles. The van der Waals surface area contributed by atoms with Crippen molar-refractivity contribution in [1.82, 2.24) is 0 Å². The van der Waals surface area contributed by atoms with Crippen LogP contribution in [0.15, 0.2) is 60.2 Å². The van der Waals surface area contributed by atoms with Crippen molar-refractivity contribution in [2.75, 3.05) is 19.5 Å². The van der Waals surface area contributed by atoms with Crippen molar-refractivity contribution in [2.45, 2.75) is 20.3 Å². The zero-order valence-corrected chi connectivity index (χ0v) is 19.5. The maximum absolute atomic E-state index is 14.2. The predicted octanol–water partition coefficient (Wildman–Crippen LogP) is 6.21. The monoisotopic (exact) mass is 459 g/mol. The SMILES string of the molecule is COc1cc(/C=C2/C(C)=C(CC(=O)Nc3ccc(C)cc3)c3cc(F)ccc32)cc(OC)c1O. The molecule has 6 heteroatoms. The first-order valence-corrected chi connectivity index (χ1v) is 10.8. The van der Waals surface area contributed by atoms with Crippen LogP contribution in [0.3, 0.4) is 0 Å². The van der Waals surface area contributed by atoms with E-state index < -0.39 is 0 Å². The molecule has 0 bridgehead atoms. The number of phenolic OH excluding ortho intramolecular Hbond substituents is 1. The van der Waals surface area contributed by atoms with Gasteiger partial charge in [0.05, 0.1) is 20.6 Å². The molecule has 3 aromatic rings. The summed E-state index contributed by atoms with van der Waals surface area (Å²) < 4.78 is 24.7. The van der Waals surface area contributed by atoms with Gasteiger partial charge in [0.1, 0.15) is 5.82 Å². The second kappa shape index (κ2) is 9.43. The molecule has 4 rings (SSSR count). The van der Waals surface area contributed by atoms with Crippen LogP contribution in [0.5, 0.6) is 17.2 Å². The first-order chi connectivity index (χ1) is 16.3. The molecular formula is C28H26FNO4. The fraction of sp³-hybridized carbons (Fsp3) is 0.179. The molecular weight excluding hydrogens is 433 g/mol. The van der Waals surface area contributed by atoms with Gasteiger partial charge in [0, 0.05) is 5.69 Å². The Morgan fingerprint density at radius 1 is 0.971 bits per heavy atom. The van der Waals surface area contributed by atoms with E-state index in [9.17, 15) is 14.3 Å². The van der Waals surface area contributed by atoms with Crippen molar-refractivity contribution >= 4 is 28.8 Å². The first kappa shape index (κ1) is 23.1. The second-order valence-electron chi connectivity index (χ2n) is 8.22. The number of phenols is 1. The number of halogens is 1. The maximum Gasteiger partial charge on any atom is 0.228 e. The van der Waals surface area contributed by atoms with Gasteiger partial charge in [-0.15, -0.1) is 0 Å². The predicted molar refractivity (Wildman–Crippen MR) is 133 cm³/mol. The molecule has 0 saturated carbocycles. The summed E-state index contributed by atoms with van der Waals surface area (Å²) in [7, 11) is 2.93. The Balaban J connectivity index is 1.73. The van der Waals surface area contributed by atoms with Gasteiger partial charge < -0.3 is 19.9 Å². The van der Waals surface area contributed by atoms with Crippen molar-refractivity contribution in [3.8, 4) is 17.2 Å². The number of anilines is 1. The zero-order valence-electron chi connectivity index (χ0n) is 19.5. The summed E-state index contributed by atoms with van der Waals surface area (Å²) in [6.45, 7) is 3.91. The van der Waals surface area contributed by atoms with Crippen LogP contribution >= 0.6 is 0 Å². The molecule has 0 atom stereocenters. The lowest BCUT2D eigenvalue weighted by molar-refractivity contribution is -0.115. The second-order valence-corrected chi connectivity index (χ2v) is 8.22. The van der Waals surface area contributed by atoms with Gasteiger partial charge in [0.2, 0.25) is 11.7 Å². The number of allylic oxidation sites excluding steroid dienone is 2. The lowest BCUT2D eigenvalue weighted by Gasteiger charge is -2.11. The number of rotatable bonds is 6. The number of benzene rings is 3. The van der Waals surface area contributed by atoms with Gasteiger partial charge in [-0.2, -0.15) is 0 Å². The third kappa shape index (κ3) is 4.53. The number of amides is 1. The highest BCUT2D eigenvalue weighted by Gasteiger charge is 2.26. The molecule has 1 aliphatic rings. The van der Waals surface area contributed by atoms with Crippen LogP contribution in [-0.2, 0) is 4.79 Å². The van der Waals surface area contributed by atoms with E-state index >= 15 is 0 Å². The number of fused-ring (bicyclic) bond motifs is 1. The molecule has 0 fully saturated rings. The minimum Gasteiger partial charge on any atom is -0.502 e. The third-order valence-electron chi connectivity index (χ3n) is 5.94. The van der Waals surface area contributed by atoms with Crippen molar-refractivity contribution < 1.29 is 23.8 Å². The summed E-state index contributed by atoms with van der Waals surface area (Å²) in [6, 6.07) is 15.6. The molecule has 0 spiro atoms. The Bertz CT molecular complexity index is 1300. The van der Waals surface area contributed by atoms with Gasteiger partial charge in [-0.05, 0) is 89.7 Å². The summed E-state index contributed by atoms with van der Waals surface area (Å²) in [5.41, 5.74) is 6.60. The quantitative estimate of drug-likeness (QED) is 0.460. The molecule has 2 N–H and O–H groups in total. The molecule has 0 saturated heterocycles. The van der Waals surface area contributed by atoms with E-state index in [4.69, 9.17) is 9.47 Å². The number of carbonyl (C=O) groups excluding carboxylic acids is 1. The van der Waals surface area contributed by atoms with Crippen molar-refractivity contribution in [3.63, 3.8) is 0 Å². The van der Waals surface area contributed by atoms with Gasteiger partial charge >= 0.3 is 0 Å². The Kier molecular flexibility index (Phi) is 6.41. The van der Waals surface area contributed by atoms with E-state index in [1.807, 2.05) is 44.2 Å².